The number of thioether (sulfide) groups is 1. The summed E-state index contributed by atoms with van der Waals surface area (Å²) in [5, 5.41) is 6.23. The van der Waals surface area contributed by atoms with E-state index in [4.69, 9.17) is 0 Å². The van der Waals surface area contributed by atoms with E-state index in [2.05, 4.69) is 34.3 Å². The minimum Gasteiger partial charge on any atom is -0.301 e. The quantitative estimate of drug-likeness (QED) is 0.518. The van der Waals surface area contributed by atoms with Crippen molar-refractivity contribution in [2.45, 2.75) is 12.1 Å². The third-order valence-corrected chi connectivity index (χ3v) is 5.56. The summed E-state index contributed by atoms with van der Waals surface area (Å²) in [5.74, 6) is 0.195. The first-order valence-electron chi connectivity index (χ1n) is 8.06. The Labute approximate surface area is 159 Å². The maximum atomic E-state index is 12.2. The smallest absolute Gasteiger partial charge is 0.236 e. The minimum atomic E-state index is -0.0903. The Morgan fingerprint density at radius 2 is 2.08 bits per heavy atom. The zero-order chi connectivity index (χ0) is 17.9. The highest BCUT2D eigenvalue weighted by Gasteiger charge is 2.10. The summed E-state index contributed by atoms with van der Waals surface area (Å²) in [7, 11) is 0. The highest BCUT2D eigenvalue weighted by molar-refractivity contribution is 7.99. The van der Waals surface area contributed by atoms with Crippen LogP contribution in [0.2, 0.25) is 0 Å². The second-order valence-corrected chi connectivity index (χ2v) is 7.58. The maximum absolute atomic E-state index is 12.2. The van der Waals surface area contributed by atoms with E-state index in [-0.39, 0.29) is 11.7 Å². The minimum absolute atomic E-state index is 0.0903. The Morgan fingerprint density at radius 3 is 2.92 bits per heavy atom. The summed E-state index contributed by atoms with van der Waals surface area (Å²) in [6, 6.07) is 14.1. The third-order valence-electron chi connectivity index (χ3n) is 3.83. The molecule has 0 saturated carbocycles. The van der Waals surface area contributed by atoms with Gasteiger partial charge in [0.05, 0.1) is 23.2 Å². The molecule has 0 bridgehead atoms. The molecule has 0 atom stereocenters. The van der Waals surface area contributed by atoms with E-state index < -0.39 is 0 Å². The molecule has 0 aliphatic carbocycles. The molecule has 7 heteroatoms. The molecule has 0 unspecified atom stereocenters. The molecule has 130 valence electrons. The van der Waals surface area contributed by atoms with Gasteiger partial charge in [-0.3, -0.25) is 9.20 Å². The van der Waals surface area contributed by atoms with Crippen molar-refractivity contribution in [1.29, 1.82) is 0 Å². The summed E-state index contributed by atoms with van der Waals surface area (Å²) >= 11 is 2.84. The molecule has 3 heterocycles. The number of anilines is 1. The normalized spacial score (nSPS) is 11.0. The van der Waals surface area contributed by atoms with Crippen molar-refractivity contribution in [1.82, 2.24) is 14.4 Å². The Hall–Kier alpha value is -2.64. The second kappa shape index (κ2) is 7.31. The van der Waals surface area contributed by atoms with Gasteiger partial charge in [-0.2, -0.15) is 0 Å². The molecule has 0 saturated heterocycles. The van der Waals surface area contributed by atoms with Gasteiger partial charge < -0.3 is 5.32 Å². The first-order chi connectivity index (χ1) is 12.7. The first kappa shape index (κ1) is 16.8. The Bertz CT molecular complexity index is 1050. The van der Waals surface area contributed by atoms with E-state index in [1.807, 2.05) is 46.3 Å². The van der Waals surface area contributed by atoms with Crippen LogP contribution in [0.25, 0.3) is 16.8 Å². The van der Waals surface area contributed by atoms with Crippen molar-refractivity contribution < 1.29 is 4.79 Å². The number of carbonyl (C=O) groups excluding carboxylic acids is 1. The molecule has 0 fully saturated rings. The van der Waals surface area contributed by atoms with E-state index in [1.165, 1.54) is 28.7 Å². The molecular formula is C19H16N4OS2. The Balaban J connectivity index is 1.38. The monoisotopic (exact) mass is 380 g/mol. The van der Waals surface area contributed by atoms with Crippen molar-refractivity contribution in [2.24, 2.45) is 0 Å². The molecule has 4 aromatic rings. The third kappa shape index (κ3) is 3.63. The number of rotatable bonds is 5. The molecule has 26 heavy (non-hydrogen) atoms. The summed E-state index contributed by atoms with van der Waals surface area (Å²) < 4.78 is 1.97. The number of fused-ring (bicyclic) bond motifs is 1. The number of benzene rings is 1. The van der Waals surface area contributed by atoms with Crippen molar-refractivity contribution >= 4 is 39.7 Å². The standard InChI is InChI=1S/C19H16N4OS2/c1-13-5-7-14(8-6-13)16-11-25-18(21-16)22-17(24)12-26-19-20-10-15-4-2-3-9-23(15)19/h2-11H,12H2,1H3,(H,21,22,24). The average Bonchev–Trinajstić information content (AvgIpc) is 3.28. The molecule has 0 radical (unpaired) electrons. The zero-order valence-corrected chi connectivity index (χ0v) is 15.7. The summed E-state index contributed by atoms with van der Waals surface area (Å²) in [5.41, 5.74) is 4.14. The second-order valence-electron chi connectivity index (χ2n) is 5.78. The van der Waals surface area contributed by atoms with Crippen LogP contribution in [-0.4, -0.2) is 26.0 Å². The van der Waals surface area contributed by atoms with Crippen molar-refractivity contribution in [2.75, 3.05) is 11.1 Å². The number of aryl methyl sites for hydroxylation is 1. The van der Waals surface area contributed by atoms with E-state index >= 15 is 0 Å². The predicted octanol–water partition coefficient (Wildman–Crippen LogP) is 4.50. The lowest BCUT2D eigenvalue weighted by Crippen LogP contribution is -2.14. The number of nitrogens with zero attached hydrogens (tertiary/aromatic N) is 3. The lowest BCUT2D eigenvalue weighted by molar-refractivity contribution is -0.113. The Morgan fingerprint density at radius 1 is 1.23 bits per heavy atom. The zero-order valence-electron chi connectivity index (χ0n) is 14.0. The van der Waals surface area contributed by atoms with Crippen LogP contribution >= 0.6 is 23.1 Å². The van der Waals surface area contributed by atoms with Crippen molar-refractivity contribution in [3.05, 3.63) is 65.8 Å². The number of nitrogens with one attached hydrogen (secondary N) is 1. The van der Waals surface area contributed by atoms with E-state index in [0.29, 0.717) is 5.13 Å². The molecule has 0 aliphatic rings. The number of imidazole rings is 1. The maximum Gasteiger partial charge on any atom is 0.236 e. The molecule has 1 amide bonds. The molecule has 0 aliphatic heterocycles. The van der Waals surface area contributed by atoms with Gasteiger partial charge in [-0.15, -0.1) is 11.3 Å². The van der Waals surface area contributed by atoms with Crippen LogP contribution in [-0.2, 0) is 4.79 Å². The molecule has 0 spiro atoms. The molecule has 5 nitrogen and oxygen atoms in total. The van der Waals surface area contributed by atoms with Crippen molar-refractivity contribution in [3.63, 3.8) is 0 Å². The van der Waals surface area contributed by atoms with Gasteiger partial charge in [-0.1, -0.05) is 47.7 Å². The van der Waals surface area contributed by atoms with Crippen LogP contribution in [0.3, 0.4) is 0 Å². The number of amides is 1. The van der Waals surface area contributed by atoms with Crippen LogP contribution in [0, 0.1) is 6.92 Å². The molecule has 1 aromatic carbocycles. The summed E-state index contributed by atoms with van der Waals surface area (Å²) in [4.78, 5) is 21.1. The van der Waals surface area contributed by atoms with Gasteiger partial charge in [-0.05, 0) is 19.1 Å². The first-order valence-corrected chi connectivity index (χ1v) is 9.93. The van der Waals surface area contributed by atoms with E-state index in [1.54, 1.807) is 6.20 Å². The number of thiazole rings is 1. The fourth-order valence-corrected chi connectivity index (χ4v) is 4.00. The van der Waals surface area contributed by atoms with E-state index in [9.17, 15) is 4.79 Å². The van der Waals surface area contributed by atoms with Crippen molar-refractivity contribution in [3.8, 4) is 11.3 Å². The van der Waals surface area contributed by atoms with Crippen LogP contribution in [0.15, 0.2) is 65.4 Å². The fourth-order valence-electron chi connectivity index (χ4n) is 2.50. The largest absolute Gasteiger partial charge is 0.301 e. The van der Waals surface area contributed by atoms with Gasteiger partial charge in [0.15, 0.2) is 10.3 Å². The van der Waals surface area contributed by atoms with Crippen LogP contribution in [0.5, 0.6) is 0 Å². The van der Waals surface area contributed by atoms with Gasteiger partial charge in [0.2, 0.25) is 5.91 Å². The predicted molar refractivity (Wildman–Crippen MR) is 107 cm³/mol. The van der Waals surface area contributed by atoms with Gasteiger partial charge in [-0.25, -0.2) is 9.97 Å². The average molecular weight is 380 g/mol. The highest BCUT2D eigenvalue weighted by Crippen LogP contribution is 2.25. The molecule has 4 rings (SSSR count). The number of aromatic nitrogens is 3. The van der Waals surface area contributed by atoms with Gasteiger partial charge in [0.25, 0.3) is 0 Å². The summed E-state index contributed by atoms with van der Waals surface area (Å²) in [6.45, 7) is 2.05. The Kier molecular flexibility index (Phi) is 4.73. The number of hydrogen-bond acceptors (Lipinski definition) is 5. The van der Waals surface area contributed by atoms with Gasteiger partial charge in [0.1, 0.15) is 0 Å². The summed E-state index contributed by atoms with van der Waals surface area (Å²) in [6.07, 6.45) is 3.74. The van der Waals surface area contributed by atoms with E-state index in [0.717, 1.165) is 21.9 Å². The molecular weight excluding hydrogens is 364 g/mol. The van der Waals surface area contributed by atoms with Crippen LogP contribution in [0.1, 0.15) is 5.56 Å². The number of hydrogen-bond donors (Lipinski definition) is 1. The van der Waals surface area contributed by atoms with Crippen LogP contribution in [0.4, 0.5) is 5.13 Å². The fraction of sp³-hybridized carbons (Fsp3) is 0.105. The highest BCUT2D eigenvalue weighted by atomic mass is 32.2. The number of pyridine rings is 1. The lowest BCUT2D eigenvalue weighted by atomic mass is 10.1. The van der Waals surface area contributed by atoms with Gasteiger partial charge in [0, 0.05) is 17.1 Å². The number of carbonyl (C=O) groups is 1. The topological polar surface area (TPSA) is 59.3 Å². The van der Waals surface area contributed by atoms with Crippen LogP contribution < -0.4 is 5.32 Å². The lowest BCUT2D eigenvalue weighted by Gasteiger charge is -2.02. The van der Waals surface area contributed by atoms with Gasteiger partial charge >= 0.3 is 0 Å². The SMILES string of the molecule is Cc1ccc(-c2csc(NC(=O)CSc3ncc4ccccn34)n2)cc1. The molecule has 1 N–H and O–H groups in total. The molecule has 3 aromatic heterocycles.